The van der Waals surface area contributed by atoms with Gasteiger partial charge in [-0.3, -0.25) is 0 Å². The summed E-state index contributed by atoms with van der Waals surface area (Å²) in [5.41, 5.74) is 1.76. The van der Waals surface area contributed by atoms with Crippen molar-refractivity contribution in [3.8, 4) is 5.69 Å². The zero-order valence-electron chi connectivity index (χ0n) is 13.1. The normalized spacial score (nSPS) is 12.2. The monoisotopic (exact) mass is 310 g/mol. The molecule has 0 aliphatic heterocycles. The van der Waals surface area contributed by atoms with Gasteiger partial charge in [0.1, 0.15) is 6.54 Å². The van der Waals surface area contributed by atoms with Crippen LogP contribution < -0.4 is 10.6 Å². The maximum absolute atomic E-state index is 12.5. The zero-order chi connectivity index (χ0) is 16.1. The topological polar surface area (TPSA) is 57.2 Å². The first-order valence-electron chi connectivity index (χ1n) is 7.73. The molecule has 0 radical (unpaired) electrons. The molecule has 0 saturated carbocycles. The number of nitrogens with one attached hydrogen (secondary N) is 1. The van der Waals surface area contributed by atoms with Gasteiger partial charge in [-0.15, -0.1) is 4.68 Å². The summed E-state index contributed by atoms with van der Waals surface area (Å²) in [5, 5.41) is 8.00. The van der Waals surface area contributed by atoms with Crippen LogP contribution in [0.15, 0.2) is 65.5 Å². The molecule has 0 aliphatic carbocycles. The Bertz CT molecular complexity index is 795. The second-order valence-electron chi connectivity index (χ2n) is 5.43. The van der Waals surface area contributed by atoms with Crippen molar-refractivity contribution < 1.29 is 4.90 Å². The van der Waals surface area contributed by atoms with Gasteiger partial charge in [0.05, 0.1) is 12.2 Å². The molecule has 1 unspecified atom stereocenters. The largest absolute Gasteiger partial charge is 0.373 e. The Morgan fingerprint density at radius 2 is 1.61 bits per heavy atom. The van der Waals surface area contributed by atoms with Crippen LogP contribution in [0.1, 0.15) is 12.5 Å². The van der Waals surface area contributed by atoms with Crippen LogP contribution in [0.2, 0.25) is 0 Å². The number of hydrogen-bond acceptors (Lipinski definition) is 3. The highest BCUT2D eigenvalue weighted by atomic mass is 16.2. The highest BCUT2D eigenvalue weighted by molar-refractivity contribution is 5.28. The molecule has 1 aromatic heterocycles. The van der Waals surface area contributed by atoms with Crippen molar-refractivity contribution in [3.05, 3.63) is 76.7 Å². The van der Waals surface area contributed by atoms with E-state index in [1.807, 2.05) is 48.5 Å². The van der Waals surface area contributed by atoms with E-state index in [9.17, 15) is 4.79 Å². The van der Waals surface area contributed by atoms with Crippen LogP contribution in [0.25, 0.3) is 5.69 Å². The first-order chi connectivity index (χ1) is 11.3. The summed E-state index contributed by atoms with van der Waals surface area (Å²) in [6.45, 7) is 4.35. The molecule has 0 fully saturated rings. The second kappa shape index (κ2) is 7.02. The molecule has 3 rings (SSSR count). The van der Waals surface area contributed by atoms with Gasteiger partial charge in [0, 0.05) is 5.56 Å². The molecule has 23 heavy (non-hydrogen) atoms. The fourth-order valence-electron chi connectivity index (χ4n) is 2.49. The van der Waals surface area contributed by atoms with Gasteiger partial charge in [-0.1, -0.05) is 48.5 Å². The number of para-hydroxylation sites is 1. The van der Waals surface area contributed by atoms with Crippen molar-refractivity contribution in [3.63, 3.8) is 0 Å². The zero-order valence-corrected chi connectivity index (χ0v) is 13.1. The molecular formula is C17H20N5O+. The SMILES string of the molecule is CC[NH+](Cc1ccccc1)Cn1nnn(-c2ccccc2)c1=O. The highest BCUT2D eigenvalue weighted by Crippen LogP contribution is 2.00. The quantitative estimate of drug-likeness (QED) is 0.721. The Hall–Kier alpha value is -2.73. The lowest BCUT2D eigenvalue weighted by molar-refractivity contribution is -0.935. The number of hydrogen-bond donors (Lipinski definition) is 1. The first kappa shape index (κ1) is 15.2. The molecule has 2 aromatic carbocycles. The fourth-order valence-corrected chi connectivity index (χ4v) is 2.49. The molecule has 0 spiro atoms. The third-order valence-corrected chi connectivity index (χ3v) is 3.81. The van der Waals surface area contributed by atoms with Crippen LogP contribution in [0.5, 0.6) is 0 Å². The number of quaternary nitrogens is 1. The molecular weight excluding hydrogens is 290 g/mol. The average molecular weight is 310 g/mol. The maximum atomic E-state index is 12.5. The summed E-state index contributed by atoms with van der Waals surface area (Å²) in [5.74, 6) is 0. The minimum atomic E-state index is -0.213. The molecule has 0 aliphatic rings. The summed E-state index contributed by atoms with van der Waals surface area (Å²) in [4.78, 5) is 13.7. The van der Waals surface area contributed by atoms with Crippen molar-refractivity contribution >= 4 is 0 Å². The van der Waals surface area contributed by atoms with Crippen LogP contribution in [-0.4, -0.2) is 26.3 Å². The number of rotatable bonds is 6. The van der Waals surface area contributed by atoms with Crippen molar-refractivity contribution in [1.82, 2.24) is 19.8 Å². The fraction of sp³-hybridized carbons (Fsp3) is 0.235. The summed E-state index contributed by atoms with van der Waals surface area (Å²) in [7, 11) is 0. The van der Waals surface area contributed by atoms with Gasteiger partial charge >= 0.3 is 5.69 Å². The smallest absolute Gasteiger partial charge is 0.313 e. The van der Waals surface area contributed by atoms with Crippen molar-refractivity contribution in [2.24, 2.45) is 0 Å². The predicted octanol–water partition coefficient (Wildman–Crippen LogP) is 0.491. The van der Waals surface area contributed by atoms with Gasteiger partial charge < -0.3 is 4.90 Å². The first-order valence-corrected chi connectivity index (χ1v) is 7.73. The van der Waals surface area contributed by atoms with Gasteiger partial charge in [-0.05, 0) is 29.5 Å². The standard InChI is InChI=1S/C17H19N5O/c1-2-20(13-15-9-5-3-6-10-15)14-21-17(23)22(19-18-21)16-11-7-4-8-12-16/h3-12H,2,13-14H2,1H3/p+1. The van der Waals surface area contributed by atoms with Crippen molar-refractivity contribution in [2.75, 3.05) is 6.54 Å². The summed E-state index contributed by atoms with van der Waals surface area (Å²) < 4.78 is 2.75. The summed E-state index contributed by atoms with van der Waals surface area (Å²) >= 11 is 0. The van der Waals surface area contributed by atoms with Gasteiger partial charge in [-0.25, -0.2) is 4.79 Å². The Morgan fingerprint density at radius 3 is 2.26 bits per heavy atom. The van der Waals surface area contributed by atoms with Gasteiger partial charge in [-0.2, -0.15) is 4.68 Å². The van der Waals surface area contributed by atoms with E-state index >= 15 is 0 Å². The minimum absolute atomic E-state index is 0.213. The Balaban J connectivity index is 1.77. The van der Waals surface area contributed by atoms with Crippen LogP contribution in [0.4, 0.5) is 0 Å². The average Bonchev–Trinajstić information content (AvgIpc) is 2.96. The molecule has 0 amide bonds. The van der Waals surface area contributed by atoms with Crippen LogP contribution in [0.3, 0.4) is 0 Å². The second-order valence-corrected chi connectivity index (χ2v) is 5.43. The molecule has 6 nitrogen and oxygen atoms in total. The lowest BCUT2D eigenvalue weighted by Gasteiger charge is -2.16. The van der Waals surface area contributed by atoms with Gasteiger partial charge in [0.25, 0.3) is 0 Å². The Morgan fingerprint density at radius 1 is 0.957 bits per heavy atom. The minimum Gasteiger partial charge on any atom is -0.313 e. The van der Waals surface area contributed by atoms with E-state index in [4.69, 9.17) is 0 Å². The molecule has 118 valence electrons. The van der Waals surface area contributed by atoms with E-state index in [-0.39, 0.29) is 5.69 Å². The van der Waals surface area contributed by atoms with Crippen molar-refractivity contribution in [1.29, 1.82) is 0 Å². The molecule has 1 atom stereocenters. The van der Waals surface area contributed by atoms with Crippen LogP contribution in [0, 0.1) is 0 Å². The maximum Gasteiger partial charge on any atom is 0.373 e. The van der Waals surface area contributed by atoms with Gasteiger partial charge in [0.15, 0.2) is 6.67 Å². The Labute approximate surface area is 134 Å². The summed E-state index contributed by atoms with van der Waals surface area (Å²) in [6.07, 6.45) is 0. The lowest BCUT2D eigenvalue weighted by atomic mass is 10.2. The number of tetrazole rings is 1. The Kier molecular flexibility index (Phi) is 4.63. The molecule has 0 bridgehead atoms. The van der Waals surface area contributed by atoms with Crippen LogP contribution in [-0.2, 0) is 13.2 Å². The van der Waals surface area contributed by atoms with E-state index in [1.54, 1.807) is 0 Å². The molecule has 0 saturated heterocycles. The number of benzene rings is 2. The third-order valence-electron chi connectivity index (χ3n) is 3.81. The van der Waals surface area contributed by atoms with E-state index < -0.39 is 0 Å². The molecule has 3 aromatic rings. The van der Waals surface area contributed by atoms with E-state index in [0.717, 1.165) is 18.8 Å². The van der Waals surface area contributed by atoms with Gasteiger partial charge in [0.2, 0.25) is 0 Å². The molecule has 1 heterocycles. The molecule has 1 N–H and O–H groups in total. The number of nitrogens with zero attached hydrogens (tertiary/aromatic N) is 4. The van der Waals surface area contributed by atoms with Crippen molar-refractivity contribution in [2.45, 2.75) is 20.1 Å². The lowest BCUT2D eigenvalue weighted by Crippen LogP contribution is -3.10. The van der Waals surface area contributed by atoms with E-state index in [1.165, 1.54) is 19.8 Å². The van der Waals surface area contributed by atoms with E-state index in [0.29, 0.717) is 6.67 Å². The van der Waals surface area contributed by atoms with E-state index in [2.05, 4.69) is 29.5 Å². The predicted molar refractivity (Wildman–Crippen MR) is 87.3 cm³/mol. The summed E-state index contributed by atoms with van der Waals surface area (Å²) in [6, 6.07) is 19.6. The third kappa shape index (κ3) is 3.54. The highest BCUT2D eigenvalue weighted by Gasteiger charge is 2.14. The van der Waals surface area contributed by atoms with Crippen LogP contribution >= 0.6 is 0 Å². The molecule has 6 heteroatoms. The number of aromatic nitrogens is 4.